The zero-order valence-electron chi connectivity index (χ0n) is 16.3. The molecule has 0 N–H and O–H groups in total. The second-order valence-corrected chi connectivity index (χ2v) is 7.69. The summed E-state index contributed by atoms with van der Waals surface area (Å²) in [6, 6.07) is 20.6. The lowest BCUT2D eigenvalue weighted by molar-refractivity contribution is -0.126. The number of benzene rings is 2. The van der Waals surface area contributed by atoms with E-state index in [1.807, 2.05) is 48.7 Å². The first-order valence-corrected chi connectivity index (χ1v) is 9.89. The van der Waals surface area contributed by atoms with Gasteiger partial charge in [-0.05, 0) is 6.07 Å². The molecule has 0 spiro atoms. The second kappa shape index (κ2) is 7.17. The fourth-order valence-electron chi connectivity index (χ4n) is 4.26. The monoisotopic (exact) mass is 382 g/mol. The smallest absolute Gasteiger partial charge is 0.222 e. The van der Waals surface area contributed by atoms with Crippen LogP contribution in [0.25, 0.3) is 33.4 Å². The topological polar surface area (TPSA) is 51.0 Å². The first kappa shape index (κ1) is 17.6. The summed E-state index contributed by atoms with van der Waals surface area (Å²) in [4.78, 5) is 23.3. The molecule has 1 aliphatic heterocycles. The van der Waals surface area contributed by atoms with Crippen molar-refractivity contribution in [3.05, 3.63) is 73.2 Å². The Balaban J connectivity index is 1.67. The van der Waals surface area contributed by atoms with Gasteiger partial charge in [-0.1, -0.05) is 54.6 Å². The van der Waals surface area contributed by atoms with Crippen molar-refractivity contribution in [3.63, 3.8) is 0 Å². The van der Waals surface area contributed by atoms with Gasteiger partial charge in [0, 0.05) is 55.2 Å². The highest BCUT2D eigenvalue weighted by atomic mass is 16.2. The number of fused-ring (bicyclic) bond motifs is 1. The number of imidazole rings is 1. The standard InChI is InChI=1S/C24H22N4O/c1-27-14-17(13-21(27)29)15-28-16-26-23(19-7-3-2-4-8-19)24(28)20-11-5-9-18-10-6-12-25-22(18)20/h2-12,16-17H,13-15H2,1H3/t17-/m0/s1. The Hall–Kier alpha value is -3.47. The zero-order valence-corrected chi connectivity index (χ0v) is 16.3. The molecule has 3 heterocycles. The number of carbonyl (C=O) groups is 1. The highest BCUT2D eigenvalue weighted by Gasteiger charge is 2.28. The molecule has 4 aromatic rings. The van der Waals surface area contributed by atoms with E-state index < -0.39 is 0 Å². The summed E-state index contributed by atoms with van der Waals surface area (Å²) in [6.45, 7) is 1.54. The molecule has 1 fully saturated rings. The van der Waals surface area contributed by atoms with Crippen molar-refractivity contribution < 1.29 is 4.79 Å². The largest absolute Gasteiger partial charge is 0.345 e. The van der Waals surface area contributed by atoms with Crippen molar-refractivity contribution in [1.29, 1.82) is 0 Å². The van der Waals surface area contributed by atoms with Crippen LogP contribution < -0.4 is 0 Å². The van der Waals surface area contributed by atoms with Crippen LogP contribution in [0.4, 0.5) is 0 Å². The van der Waals surface area contributed by atoms with Crippen molar-refractivity contribution in [2.45, 2.75) is 13.0 Å². The molecule has 1 atom stereocenters. The first-order valence-electron chi connectivity index (χ1n) is 9.89. The molecule has 1 saturated heterocycles. The number of hydrogen-bond donors (Lipinski definition) is 0. The summed E-state index contributed by atoms with van der Waals surface area (Å²) in [5.41, 5.74) is 5.11. The highest BCUT2D eigenvalue weighted by molar-refractivity contribution is 5.96. The number of hydrogen-bond acceptors (Lipinski definition) is 3. The van der Waals surface area contributed by atoms with Gasteiger partial charge in [0.1, 0.15) is 0 Å². The van der Waals surface area contributed by atoms with Crippen LogP contribution in [-0.2, 0) is 11.3 Å². The number of nitrogens with zero attached hydrogens (tertiary/aromatic N) is 4. The summed E-state index contributed by atoms with van der Waals surface area (Å²) in [6.07, 6.45) is 4.32. The molecule has 1 aliphatic rings. The molecule has 2 aromatic heterocycles. The number of likely N-dealkylation sites (tertiary alicyclic amines) is 1. The van der Waals surface area contributed by atoms with Gasteiger partial charge in [-0.25, -0.2) is 4.98 Å². The molecule has 0 bridgehead atoms. The Morgan fingerprint density at radius 2 is 1.83 bits per heavy atom. The van der Waals surface area contributed by atoms with Crippen molar-refractivity contribution >= 4 is 16.8 Å². The van der Waals surface area contributed by atoms with Gasteiger partial charge in [-0.15, -0.1) is 0 Å². The minimum atomic E-state index is 0.215. The van der Waals surface area contributed by atoms with E-state index >= 15 is 0 Å². The average Bonchev–Trinajstić information content (AvgIpc) is 3.31. The van der Waals surface area contributed by atoms with Gasteiger partial charge in [-0.3, -0.25) is 9.78 Å². The molecule has 0 aliphatic carbocycles. The van der Waals surface area contributed by atoms with Gasteiger partial charge in [0.15, 0.2) is 0 Å². The molecule has 144 valence electrons. The summed E-state index contributed by atoms with van der Waals surface area (Å²) < 4.78 is 2.20. The Labute approximate surface area is 169 Å². The summed E-state index contributed by atoms with van der Waals surface area (Å²) >= 11 is 0. The Kier molecular flexibility index (Phi) is 4.35. The number of pyridine rings is 1. The molecular formula is C24H22N4O. The summed E-state index contributed by atoms with van der Waals surface area (Å²) in [5, 5.41) is 1.10. The van der Waals surface area contributed by atoms with Crippen LogP contribution in [-0.4, -0.2) is 38.9 Å². The third-order valence-electron chi connectivity index (χ3n) is 5.65. The Morgan fingerprint density at radius 1 is 1.00 bits per heavy atom. The highest BCUT2D eigenvalue weighted by Crippen LogP contribution is 2.35. The lowest BCUT2D eigenvalue weighted by Gasteiger charge is -2.16. The van der Waals surface area contributed by atoms with Gasteiger partial charge >= 0.3 is 0 Å². The summed E-state index contributed by atoms with van der Waals surface area (Å²) in [5.74, 6) is 0.499. The van der Waals surface area contributed by atoms with E-state index in [0.717, 1.165) is 46.5 Å². The molecule has 0 unspecified atom stereocenters. The van der Waals surface area contributed by atoms with E-state index in [1.54, 1.807) is 0 Å². The van der Waals surface area contributed by atoms with Crippen LogP contribution in [0, 0.1) is 5.92 Å². The fourth-order valence-corrected chi connectivity index (χ4v) is 4.26. The van der Waals surface area contributed by atoms with E-state index in [-0.39, 0.29) is 11.8 Å². The fraction of sp³-hybridized carbons (Fsp3) is 0.208. The third kappa shape index (κ3) is 3.18. The normalized spacial score (nSPS) is 16.7. The predicted octanol–water partition coefficient (Wildman–Crippen LogP) is 4.24. The van der Waals surface area contributed by atoms with E-state index in [4.69, 9.17) is 4.98 Å². The second-order valence-electron chi connectivity index (χ2n) is 7.69. The molecule has 5 nitrogen and oxygen atoms in total. The van der Waals surface area contributed by atoms with Gasteiger partial charge < -0.3 is 9.47 Å². The van der Waals surface area contributed by atoms with Gasteiger partial charge in [-0.2, -0.15) is 0 Å². The van der Waals surface area contributed by atoms with Crippen LogP contribution in [0.15, 0.2) is 73.2 Å². The van der Waals surface area contributed by atoms with Crippen LogP contribution in [0.5, 0.6) is 0 Å². The zero-order chi connectivity index (χ0) is 19.8. The van der Waals surface area contributed by atoms with Crippen LogP contribution >= 0.6 is 0 Å². The quantitative estimate of drug-likeness (QED) is 0.530. The number of carbonyl (C=O) groups excluding carboxylic acids is 1. The van der Waals surface area contributed by atoms with Crippen LogP contribution in [0.3, 0.4) is 0 Å². The minimum Gasteiger partial charge on any atom is -0.345 e. The number of amides is 1. The maximum absolute atomic E-state index is 12.0. The van der Waals surface area contributed by atoms with Crippen LogP contribution in [0.1, 0.15) is 6.42 Å². The van der Waals surface area contributed by atoms with E-state index in [2.05, 4.69) is 45.9 Å². The third-order valence-corrected chi connectivity index (χ3v) is 5.65. The predicted molar refractivity (Wildman–Crippen MR) is 114 cm³/mol. The SMILES string of the molecule is CN1C[C@@H](Cn2cnc(-c3ccccc3)c2-c2cccc3cccnc23)CC1=O. The Morgan fingerprint density at radius 3 is 2.62 bits per heavy atom. The molecule has 0 saturated carbocycles. The average molecular weight is 382 g/mol. The van der Waals surface area contributed by atoms with Crippen LogP contribution in [0.2, 0.25) is 0 Å². The van der Waals surface area contributed by atoms with Crippen molar-refractivity contribution in [2.24, 2.45) is 5.92 Å². The molecule has 2 aromatic carbocycles. The Bertz CT molecular complexity index is 1180. The van der Waals surface area contributed by atoms with Crippen molar-refractivity contribution in [2.75, 3.05) is 13.6 Å². The van der Waals surface area contributed by atoms with Gasteiger partial charge in [0.05, 0.1) is 23.2 Å². The van der Waals surface area contributed by atoms with Gasteiger partial charge in [0.2, 0.25) is 5.91 Å². The molecule has 29 heavy (non-hydrogen) atoms. The first-order chi connectivity index (χ1) is 14.2. The maximum Gasteiger partial charge on any atom is 0.222 e. The molecule has 5 heteroatoms. The number of rotatable bonds is 4. The van der Waals surface area contributed by atoms with Crippen molar-refractivity contribution in [3.8, 4) is 22.5 Å². The van der Waals surface area contributed by atoms with Gasteiger partial charge in [0.25, 0.3) is 0 Å². The van der Waals surface area contributed by atoms with E-state index in [1.165, 1.54) is 0 Å². The molecular weight excluding hydrogens is 360 g/mol. The lowest BCUT2D eigenvalue weighted by Crippen LogP contribution is -2.20. The number of aromatic nitrogens is 3. The summed E-state index contributed by atoms with van der Waals surface area (Å²) in [7, 11) is 1.88. The molecule has 0 radical (unpaired) electrons. The molecule has 1 amide bonds. The maximum atomic E-state index is 12.0. The lowest BCUT2D eigenvalue weighted by atomic mass is 10.0. The van der Waals surface area contributed by atoms with E-state index in [9.17, 15) is 4.79 Å². The number of para-hydroxylation sites is 1. The molecule has 5 rings (SSSR count). The van der Waals surface area contributed by atoms with E-state index in [0.29, 0.717) is 6.42 Å². The van der Waals surface area contributed by atoms with Crippen molar-refractivity contribution in [1.82, 2.24) is 19.4 Å². The minimum absolute atomic E-state index is 0.215.